The molecule has 78 valence electrons. The van der Waals surface area contributed by atoms with Crippen LogP contribution >= 0.6 is 0 Å². The van der Waals surface area contributed by atoms with Gasteiger partial charge in [-0.2, -0.15) is 0 Å². The normalized spacial score (nSPS) is 21.2. The Morgan fingerprint density at radius 1 is 1.47 bits per heavy atom. The Kier molecular flexibility index (Phi) is 1.85. The molecule has 5 heteroatoms. The van der Waals surface area contributed by atoms with Gasteiger partial charge in [-0.25, -0.2) is 0 Å². The summed E-state index contributed by atoms with van der Waals surface area (Å²) in [6.07, 6.45) is 4.09. The molecule has 0 bridgehead atoms. The molecule has 1 unspecified atom stereocenters. The van der Waals surface area contributed by atoms with E-state index in [1.807, 2.05) is 22.7 Å². The fourth-order valence-corrected chi connectivity index (χ4v) is 1.96. The number of fused-ring (bicyclic) bond motifs is 1. The summed E-state index contributed by atoms with van der Waals surface area (Å²) < 4.78 is 7.49. The zero-order chi connectivity index (χ0) is 10.3. The highest BCUT2D eigenvalue weighted by Crippen LogP contribution is 2.27. The summed E-state index contributed by atoms with van der Waals surface area (Å²) in [6.45, 7) is 0.807. The van der Waals surface area contributed by atoms with E-state index >= 15 is 0 Å². The third kappa shape index (κ3) is 1.27. The number of rotatable bonds is 1. The summed E-state index contributed by atoms with van der Waals surface area (Å²) in [5.41, 5.74) is 7.16. The zero-order valence-electron chi connectivity index (χ0n) is 8.26. The molecule has 0 aliphatic carbocycles. The lowest BCUT2D eigenvalue weighted by molar-refractivity contribution is 0.104. The Labute approximate surface area is 86.9 Å². The molecular weight excluding hydrogens is 192 g/mol. The predicted molar refractivity (Wildman–Crippen MR) is 55.3 cm³/mol. The molecule has 3 heterocycles. The molecule has 1 aliphatic rings. The Balaban J connectivity index is 2.15. The van der Waals surface area contributed by atoms with Crippen LogP contribution in [0.3, 0.4) is 0 Å². The summed E-state index contributed by atoms with van der Waals surface area (Å²) >= 11 is 0. The lowest BCUT2D eigenvalue weighted by Crippen LogP contribution is -2.02. The molecule has 1 saturated heterocycles. The SMILES string of the molecule is Nc1cccn2c(C3CCCO3)nnc12. The first kappa shape index (κ1) is 8.67. The van der Waals surface area contributed by atoms with Crippen molar-refractivity contribution < 1.29 is 4.74 Å². The smallest absolute Gasteiger partial charge is 0.184 e. The second-order valence-electron chi connectivity index (χ2n) is 3.72. The van der Waals surface area contributed by atoms with Gasteiger partial charge in [-0.3, -0.25) is 4.40 Å². The summed E-state index contributed by atoms with van der Waals surface area (Å²) in [5.74, 6) is 0.856. The predicted octanol–water partition coefficient (Wildman–Crippen LogP) is 1.16. The van der Waals surface area contributed by atoms with Crippen LogP contribution < -0.4 is 5.73 Å². The fraction of sp³-hybridized carbons (Fsp3) is 0.400. The monoisotopic (exact) mass is 204 g/mol. The highest BCUT2D eigenvalue weighted by Gasteiger charge is 2.23. The van der Waals surface area contributed by atoms with Crippen molar-refractivity contribution in [1.82, 2.24) is 14.6 Å². The Hall–Kier alpha value is -1.62. The van der Waals surface area contributed by atoms with Crippen molar-refractivity contribution in [1.29, 1.82) is 0 Å². The van der Waals surface area contributed by atoms with Gasteiger partial charge >= 0.3 is 0 Å². The van der Waals surface area contributed by atoms with Crippen molar-refractivity contribution in [3.05, 3.63) is 24.2 Å². The van der Waals surface area contributed by atoms with Gasteiger partial charge in [0.15, 0.2) is 11.5 Å². The number of pyridine rings is 1. The van der Waals surface area contributed by atoms with Gasteiger partial charge in [-0.15, -0.1) is 10.2 Å². The largest absolute Gasteiger partial charge is 0.396 e. The molecule has 2 N–H and O–H groups in total. The molecule has 0 saturated carbocycles. The molecule has 2 aromatic rings. The maximum Gasteiger partial charge on any atom is 0.184 e. The van der Waals surface area contributed by atoms with E-state index in [1.165, 1.54) is 0 Å². The van der Waals surface area contributed by atoms with Crippen molar-refractivity contribution in [2.45, 2.75) is 18.9 Å². The lowest BCUT2D eigenvalue weighted by Gasteiger charge is -2.06. The average Bonchev–Trinajstić information content (AvgIpc) is 2.85. The number of anilines is 1. The second kappa shape index (κ2) is 3.20. The van der Waals surface area contributed by atoms with Crippen LogP contribution in [0.5, 0.6) is 0 Å². The highest BCUT2D eigenvalue weighted by molar-refractivity contribution is 5.63. The second-order valence-corrected chi connectivity index (χ2v) is 3.72. The molecule has 0 spiro atoms. The number of hydrogen-bond acceptors (Lipinski definition) is 4. The number of hydrogen-bond donors (Lipinski definition) is 1. The van der Waals surface area contributed by atoms with Crippen LogP contribution in [0.15, 0.2) is 18.3 Å². The minimum Gasteiger partial charge on any atom is -0.396 e. The van der Waals surface area contributed by atoms with E-state index < -0.39 is 0 Å². The van der Waals surface area contributed by atoms with Crippen molar-refractivity contribution in [3.63, 3.8) is 0 Å². The minimum atomic E-state index is 0.0711. The van der Waals surface area contributed by atoms with Gasteiger partial charge in [-0.05, 0) is 25.0 Å². The maximum atomic E-state index is 5.80. The first-order valence-corrected chi connectivity index (χ1v) is 5.07. The molecule has 1 fully saturated rings. The van der Waals surface area contributed by atoms with Crippen LogP contribution in [0.25, 0.3) is 5.65 Å². The van der Waals surface area contributed by atoms with Gasteiger partial charge in [-0.1, -0.05) is 0 Å². The summed E-state index contributed by atoms with van der Waals surface area (Å²) in [4.78, 5) is 0. The molecule has 0 radical (unpaired) electrons. The third-order valence-electron chi connectivity index (χ3n) is 2.71. The standard InChI is InChI=1S/C10H12N4O/c11-7-3-1-5-14-9(7)12-13-10(14)8-4-2-6-15-8/h1,3,5,8H,2,4,6,11H2. The van der Waals surface area contributed by atoms with Crippen molar-refractivity contribution >= 4 is 11.3 Å². The van der Waals surface area contributed by atoms with Gasteiger partial charge in [0, 0.05) is 12.8 Å². The highest BCUT2D eigenvalue weighted by atomic mass is 16.5. The third-order valence-corrected chi connectivity index (χ3v) is 2.71. The Bertz CT molecular complexity index is 487. The van der Waals surface area contributed by atoms with Gasteiger partial charge in [0.25, 0.3) is 0 Å². The van der Waals surface area contributed by atoms with Crippen LogP contribution in [-0.2, 0) is 4.74 Å². The van der Waals surface area contributed by atoms with Crippen LogP contribution in [-0.4, -0.2) is 21.2 Å². The van der Waals surface area contributed by atoms with Gasteiger partial charge in [0.05, 0.1) is 5.69 Å². The molecule has 0 aromatic carbocycles. The topological polar surface area (TPSA) is 65.4 Å². The average molecular weight is 204 g/mol. The minimum absolute atomic E-state index is 0.0711. The quantitative estimate of drug-likeness (QED) is 0.757. The van der Waals surface area contributed by atoms with E-state index in [0.717, 1.165) is 25.3 Å². The first-order valence-electron chi connectivity index (χ1n) is 5.07. The Morgan fingerprint density at radius 3 is 3.20 bits per heavy atom. The van der Waals surface area contributed by atoms with Crippen molar-refractivity contribution in [3.8, 4) is 0 Å². The summed E-state index contributed by atoms with van der Waals surface area (Å²) in [5, 5.41) is 8.22. The molecule has 0 amide bonds. The van der Waals surface area contributed by atoms with Crippen LogP contribution in [0.2, 0.25) is 0 Å². The first-order chi connectivity index (χ1) is 7.36. The van der Waals surface area contributed by atoms with Gasteiger partial charge in [0.2, 0.25) is 0 Å². The van der Waals surface area contributed by atoms with Crippen LogP contribution in [0.4, 0.5) is 5.69 Å². The van der Waals surface area contributed by atoms with Gasteiger partial charge < -0.3 is 10.5 Å². The molecule has 3 rings (SSSR count). The molecule has 1 atom stereocenters. The number of ether oxygens (including phenoxy) is 1. The van der Waals surface area contributed by atoms with E-state index in [9.17, 15) is 0 Å². The lowest BCUT2D eigenvalue weighted by atomic mass is 10.2. The van der Waals surface area contributed by atoms with Gasteiger partial charge in [0.1, 0.15) is 6.10 Å². The number of nitrogens with zero attached hydrogens (tertiary/aromatic N) is 3. The summed E-state index contributed by atoms with van der Waals surface area (Å²) in [7, 11) is 0. The number of nitrogens with two attached hydrogens (primary N) is 1. The van der Waals surface area contributed by atoms with E-state index in [2.05, 4.69) is 10.2 Å². The summed E-state index contributed by atoms with van der Waals surface area (Å²) in [6, 6.07) is 3.72. The number of aromatic nitrogens is 3. The van der Waals surface area contributed by atoms with Crippen molar-refractivity contribution in [2.75, 3.05) is 12.3 Å². The van der Waals surface area contributed by atoms with Crippen LogP contribution in [0.1, 0.15) is 24.8 Å². The van der Waals surface area contributed by atoms with Crippen LogP contribution in [0, 0.1) is 0 Å². The van der Waals surface area contributed by atoms with E-state index in [4.69, 9.17) is 10.5 Å². The molecule has 5 nitrogen and oxygen atoms in total. The fourth-order valence-electron chi connectivity index (χ4n) is 1.96. The van der Waals surface area contributed by atoms with E-state index in [0.29, 0.717) is 11.3 Å². The maximum absolute atomic E-state index is 5.80. The molecule has 1 aliphatic heterocycles. The zero-order valence-corrected chi connectivity index (χ0v) is 8.26. The van der Waals surface area contributed by atoms with E-state index in [-0.39, 0.29) is 6.10 Å². The van der Waals surface area contributed by atoms with Crippen molar-refractivity contribution in [2.24, 2.45) is 0 Å². The van der Waals surface area contributed by atoms with E-state index in [1.54, 1.807) is 0 Å². The Morgan fingerprint density at radius 2 is 2.40 bits per heavy atom. The molecule has 15 heavy (non-hydrogen) atoms. The number of nitrogen functional groups attached to an aromatic ring is 1. The molecular formula is C10H12N4O. The molecule has 2 aromatic heterocycles.